The van der Waals surface area contributed by atoms with Gasteiger partial charge in [0.1, 0.15) is 6.61 Å². The summed E-state index contributed by atoms with van der Waals surface area (Å²) in [5.41, 5.74) is 3.45. The Balaban J connectivity index is 1.55. The van der Waals surface area contributed by atoms with Crippen LogP contribution in [-0.2, 0) is 17.9 Å². The summed E-state index contributed by atoms with van der Waals surface area (Å²) in [6.07, 6.45) is 1.65. The smallest absolute Gasteiger partial charge is 0.293 e. The van der Waals surface area contributed by atoms with Gasteiger partial charge in [-0.05, 0) is 61.0 Å². The van der Waals surface area contributed by atoms with Gasteiger partial charge in [0.15, 0.2) is 11.5 Å². The van der Waals surface area contributed by atoms with Crippen LogP contribution in [0.1, 0.15) is 29.2 Å². The number of carbonyl (C=O) groups is 2. The number of rotatable bonds is 8. The van der Waals surface area contributed by atoms with Gasteiger partial charge in [-0.15, -0.1) is 0 Å². The first-order valence-electron chi connectivity index (χ1n) is 11.0. The van der Waals surface area contributed by atoms with Gasteiger partial charge in [0.05, 0.1) is 23.1 Å². The molecule has 0 aliphatic carbocycles. The third-order valence-corrected chi connectivity index (χ3v) is 6.85. The van der Waals surface area contributed by atoms with E-state index in [-0.39, 0.29) is 24.3 Å². The van der Waals surface area contributed by atoms with Gasteiger partial charge in [-0.2, -0.15) is 0 Å². The number of amides is 2. The molecule has 1 aliphatic rings. The molecular formula is C27H23Cl2NO4S. The standard InChI is InChI=1S/C27H23Cl2NO4S/c1-3-33-23-13-19(12-22(29)25(23)34-16-20-6-4-5-7-21(20)28)14-24-26(31)30(27(32)35-24)15-18-10-8-17(2)9-11-18/h4-14H,3,15-16H2,1-2H3/b24-14-. The molecule has 5 nitrogen and oxygen atoms in total. The van der Waals surface area contributed by atoms with Crippen molar-refractivity contribution < 1.29 is 19.1 Å². The fourth-order valence-corrected chi connectivity index (χ4v) is 4.81. The monoisotopic (exact) mass is 527 g/mol. The molecule has 0 aromatic heterocycles. The maximum atomic E-state index is 13.0. The van der Waals surface area contributed by atoms with Crippen LogP contribution in [0.15, 0.2) is 65.6 Å². The molecule has 180 valence electrons. The molecule has 3 aromatic rings. The third kappa shape index (κ3) is 6.01. The van der Waals surface area contributed by atoms with Crippen molar-refractivity contribution in [3.63, 3.8) is 0 Å². The molecule has 0 saturated carbocycles. The number of benzene rings is 3. The fourth-order valence-electron chi connectivity index (χ4n) is 3.50. The molecule has 4 rings (SSSR count). The lowest BCUT2D eigenvalue weighted by Gasteiger charge is -2.15. The van der Waals surface area contributed by atoms with Crippen LogP contribution in [-0.4, -0.2) is 22.7 Å². The lowest BCUT2D eigenvalue weighted by molar-refractivity contribution is -0.123. The van der Waals surface area contributed by atoms with Gasteiger partial charge in [-0.3, -0.25) is 14.5 Å². The van der Waals surface area contributed by atoms with Crippen molar-refractivity contribution in [2.24, 2.45) is 0 Å². The van der Waals surface area contributed by atoms with Crippen LogP contribution in [0, 0.1) is 6.92 Å². The summed E-state index contributed by atoms with van der Waals surface area (Å²) >= 11 is 13.7. The molecule has 1 fully saturated rings. The fraction of sp³-hybridized carbons (Fsp3) is 0.185. The average Bonchev–Trinajstić information content (AvgIpc) is 3.08. The van der Waals surface area contributed by atoms with E-state index in [0.717, 1.165) is 28.5 Å². The summed E-state index contributed by atoms with van der Waals surface area (Å²) in [7, 11) is 0. The Hall–Kier alpha value is -2.93. The Morgan fingerprint density at radius 1 is 0.971 bits per heavy atom. The summed E-state index contributed by atoms with van der Waals surface area (Å²) < 4.78 is 11.7. The Kier molecular flexibility index (Phi) is 8.06. The third-order valence-electron chi connectivity index (χ3n) is 5.29. The van der Waals surface area contributed by atoms with E-state index < -0.39 is 0 Å². The van der Waals surface area contributed by atoms with Crippen LogP contribution in [0.5, 0.6) is 11.5 Å². The van der Waals surface area contributed by atoms with Gasteiger partial charge in [0.25, 0.3) is 11.1 Å². The molecule has 0 atom stereocenters. The molecular weight excluding hydrogens is 505 g/mol. The molecule has 3 aromatic carbocycles. The summed E-state index contributed by atoms with van der Waals surface area (Å²) in [6, 6.07) is 18.6. The largest absolute Gasteiger partial charge is 0.490 e. The molecule has 35 heavy (non-hydrogen) atoms. The van der Waals surface area contributed by atoms with Crippen LogP contribution in [0.3, 0.4) is 0 Å². The van der Waals surface area contributed by atoms with Gasteiger partial charge in [-0.1, -0.05) is 71.2 Å². The maximum absolute atomic E-state index is 13.0. The van der Waals surface area contributed by atoms with Crippen LogP contribution >= 0.6 is 35.0 Å². The summed E-state index contributed by atoms with van der Waals surface area (Å²) in [6.45, 7) is 4.68. The summed E-state index contributed by atoms with van der Waals surface area (Å²) in [5.74, 6) is 0.490. The number of nitrogens with zero attached hydrogens (tertiary/aromatic N) is 1. The number of hydrogen-bond donors (Lipinski definition) is 0. The number of hydrogen-bond acceptors (Lipinski definition) is 5. The molecule has 1 aliphatic heterocycles. The maximum Gasteiger partial charge on any atom is 0.293 e. The Morgan fingerprint density at radius 3 is 2.43 bits per heavy atom. The average molecular weight is 528 g/mol. The van der Waals surface area contributed by atoms with Crippen LogP contribution in [0.2, 0.25) is 10.0 Å². The Morgan fingerprint density at radius 2 is 1.71 bits per heavy atom. The zero-order valence-electron chi connectivity index (χ0n) is 19.2. The zero-order chi connectivity index (χ0) is 24.9. The van der Waals surface area contributed by atoms with E-state index in [1.165, 1.54) is 4.90 Å². The topological polar surface area (TPSA) is 55.8 Å². The Labute approximate surface area is 218 Å². The highest BCUT2D eigenvalue weighted by Crippen LogP contribution is 2.40. The highest BCUT2D eigenvalue weighted by Gasteiger charge is 2.35. The normalized spacial score (nSPS) is 14.6. The van der Waals surface area contributed by atoms with E-state index in [0.29, 0.717) is 38.6 Å². The second kappa shape index (κ2) is 11.2. The highest BCUT2D eigenvalue weighted by molar-refractivity contribution is 8.18. The van der Waals surface area contributed by atoms with Crippen molar-refractivity contribution in [3.05, 3.63) is 97.9 Å². The first-order valence-corrected chi connectivity index (χ1v) is 12.6. The molecule has 8 heteroatoms. The number of carbonyl (C=O) groups excluding carboxylic acids is 2. The first-order chi connectivity index (χ1) is 16.9. The Bertz CT molecular complexity index is 1290. The summed E-state index contributed by atoms with van der Waals surface area (Å²) in [4.78, 5) is 27.1. The van der Waals surface area contributed by atoms with Gasteiger partial charge >= 0.3 is 0 Å². The zero-order valence-corrected chi connectivity index (χ0v) is 21.5. The van der Waals surface area contributed by atoms with E-state index in [2.05, 4.69) is 0 Å². The van der Waals surface area contributed by atoms with Crippen molar-refractivity contribution in [2.45, 2.75) is 27.0 Å². The molecule has 0 bridgehead atoms. The molecule has 0 N–H and O–H groups in total. The molecule has 1 heterocycles. The van der Waals surface area contributed by atoms with E-state index in [4.69, 9.17) is 32.7 Å². The van der Waals surface area contributed by atoms with E-state index in [1.807, 2.05) is 56.3 Å². The minimum atomic E-state index is -0.339. The second-order valence-electron chi connectivity index (χ2n) is 7.90. The lowest BCUT2D eigenvalue weighted by atomic mass is 10.1. The second-order valence-corrected chi connectivity index (χ2v) is 9.70. The number of thioether (sulfide) groups is 1. The first kappa shape index (κ1) is 25.2. The van der Waals surface area contributed by atoms with Crippen molar-refractivity contribution in [3.8, 4) is 11.5 Å². The molecule has 0 spiro atoms. The highest BCUT2D eigenvalue weighted by atomic mass is 35.5. The molecule has 0 radical (unpaired) electrons. The molecule has 1 saturated heterocycles. The van der Waals surface area contributed by atoms with Crippen molar-refractivity contribution in [1.82, 2.24) is 4.90 Å². The predicted octanol–water partition coefficient (Wildman–Crippen LogP) is 7.52. The minimum absolute atomic E-state index is 0.219. The van der Waals surface area contributed by atoms with Gasteiger partial charge in [0.2, 0.25) is 0 Å². The van der Waals surface area contributed by atoms with Gasteiger partial charge in [-0.25, -0.2) is 0 Å². The van der Waals surface area contributed by atoms with Crippen molar-refractivity contribution >= 4 is 52.2 Å². The van der Waals surface area contributed by atoms with Crippen molar-refractivity contribution in [1.29, 1.82) is 0 Å². The van der Waals surface area contributed by atoms with Crippen molar-refractivity contribution in [2.75, 3.05) is 6.61 Å². The number of ether oxygens (including phenoxy) is 2. The molecule has 0 unspecified atom stereocenters. The lowest BCUT2D eigenvalue weighted by Crippen LogP contribution is -2.27. The number of imide groups is 1. The van der Waals surface area contributed by atoms with Crippen LogP contribution in [0.4, 0.5) is 4.79 Å². The van der Waals surface area contributed by atoms with E-state index >= 15 is 0 Å². The molecule has 2 amide bonds. The van der Waals surface area contributed by atoms with Gasteiger partial charge < -0.3 is 9.47 Å². The SMILES string of the molecule is CCOc1cc(/C=C2\SC(=O)N(Cc3ccc(C)cc3)C2=O)cc(Cl)c1OCc1ccccc1Cl. The van der Waals surface area contributed by atoms with Crippen LogP contribution in [0.25, 0.3) is 6.08 Å². The van der Waals surface area contributed by atoms with E-state index in [9.17, 15) is 9.59 Å². The number of halogens is 2. The predicted molar refractivity (Wildman–Crippen MR) is 141 cm³/mol. The van der Waals surface area contributed by atoms with E-state index in [1.54, 1.807) is 24.3 Å². The minimum Gasteiger partial charge on any atom is -0.490 e. The summed E-state index contributed by atoms with van der Waals surface area (Å²) in [5, 5.41) is 0.616. The quantitative estimate of drug-likeness (QED) is 0.283. The number of aryl methyl sites for hydroxylation is 1. The van der Waals surface area contributed by atoms with Crippen LogP contribution < -0.4 is 9.47 Å². The van der Waals surface area contributed by atoms with Gasteiger partial charge in [0, 0.05) is 10.6 Å².